The van der Waals surface area contributed by atoms with Crippen LogP contribution < -0.4 is 5.32 Å². The average Bonchev–Trinajstić information content (AvgIpc) is 3.35. The number of nitrogens with zero attached hydrogens (tertiary/aromatic N) is 5. The van der Waals surface area contributed by atoms with E-state index in [0.29, 0.717) is 11.8 Å². The van der Waals surface area contributed by atoms with Crippen LogP contribution in [-0.2, 0) is 19.4 Å². The smallest absolute Gasteiger partial charge is 0.193 e. The van der Waals surface area contributed by atoms with Crippen LogP contribution in [0.15, 0.2) is 40.5 Å². The van der Waals surface area contributed by atoms with Gasteiger partial charge in [-0.1, -0.05) is 55.9 Å². The van der Waals surface area contributed by atoms with Gasteiger partial charge in [-0.25, -0.2) is 0 Å². The molecule has 1 aromatic carbocycles. The Morgan fingerprint density at radius 3 is 2.77 bits per heavy atom. The van der Waals surface area contributed by atoms with Gasteiger partial charge in [0.05, 0.1) is 0 Å². The first-order chi connectivity index (χ1) is 14.6. The van der Waals surface area contributed by atoms with Gasteiger partial charge in [0.25, 0.3) is 0 Å². The van der Waals surface area contributed by atoms with Crippen molar-refractivity contribution in [3.05, 3.63) is 41.7 Å². The van der Waals surface area contributed by atoms with Crippen LogP contribution in [0.3, 0.4) is 0 Å². The van der Waals surface area contributed by atoms with E-state index in [1.807, 2.05) is 7.05 Å². The summed E-state index contributed by atoms with van der Waals surface area (Å²) in [7, 11) is 1.89. The molecule has 1 aliphatic heterocycles. The molecule has 2 aromatic rings. The molecule has 0 spiro atoms. The molecule has 30 heavy (non-hydrogen) atoms. The number of hydrogen-bond donors (Lipinski definition) is 1. The van der Waals surface area contributed by atoms with E-state index in [1.165, 1.54) is 12.0 Å². The van der Waals surface area contributed by atoms with Crippen molar-refractivity contribution < 1.29 is 0 Å². The molecule has 0 saturated carbocycles. The largest absolute Gasteiger partial charge is 0.356 e. The molecule has 0 aliphatic carbocycles. The molecule has 1 fully saturated rings. The maximum Gasteiger partial charge on any atom is 0.193 e. The summed E-state index contributed by atoms with van der Waals surface area (Å²) >= 11 is 1.67. The molecule has 1 saturated heterocycles. The van der Waals surface area contributed by atoms with E-state index in [9.17, 15) is 0 Å². The maximum atomic E-state index is 4.53. The number of rotatable bonds is 9. The van der Waals surface area contributed by atoms with Crippen molar-refractivity contribution in [3.8, 4) is 0 Å². The van der Waals surface area contributed by atoms with E-state index >= 15 is 0 Å². The highest BCUT2D eigenvalue weighted by atomic mass is 32.2. The molecule has 1 atom stereocenters. The molecule has 2 heterocycles. The molecule has 1 aliphatic rings. The minimum absolute atomic E-state index is 0.585. The van der Waals surface area contributed by atoms with Crippen molar-refractivity contribution in [1.29, 1.82) is 0 Å². The molecule has 1 unspecified atom stereocenters. The number of likely N-dealkylation sites (tertiary alicyclic amines) is 1. The fourth-order valence-electron chi connectivity index (χ4n) is 4.12. The Morgan fingerprint density at radius 2 is 2.07 bits per heavy atom. The van der Waals surface area contributed by atoms with Crippen LogP contribution in [0.25, 0.3) is 0 Å². The zero-order valence-corrected chi connectivity index (χ0v) is 19.7. The first-order valence-electron chi connectivity index (χ1n) is 11.1. The second-order valence-electron chi connectivity index (χ2n) is 8.48. The Bertz CT molecular complexity index is 801. The summed E-state index contributed by atoms with van der Waals surface area (Å²) < 4.78 is 2.28. The van der Waals surface area contributed by atoms with E-state index in [2.05, 4.69) is 80.4 Å². The Balaban J connectivity index is 1.45. The lowest BCUT2D eigenvalue weighted by Crippen LogP contribution is -2.40. The van der Waals surface area contributed by atoms with Gasteiger partial charge >= 0.3 is 0 Å². The van der Waals surface area contributed by atoms with E-state index in [4.69, 9.17) is 0 Å². The Hall–Kier alpha value is -2.02. The van der Waals surface area contributed by atoms with Crippen LogP contribution in [0.2, 0.25) is 0 Å². The first kappa shape index (κ1) is 22.7. The van der Waals surface area contributed by atoms with Crippen LogP contribution in [0, 0.1) is 11.8 Å². The molecule has 6 nitrogen and oxygen atoms in total. The Morgan fingerprint density at radius 1 is 1.27 bits per heavy atom. The molecule has 0 bridgehead atoms. The number of benzene rings is 1. The van der Waals surface area contributed by atoms with Crippen molar-refractivity contribution in [2.45, 2.75) is 51.2 Å². The molecule has 1 aromatic heterocycles. The lowest BCUT2D eigenvalue weighted by molar-refractivity contribution is 0.457. The van der Waals surface area contributed by atoms with Gasteiger partial charge in [-0.15, -0.1) is 10.2 Å². The van der Waals surface area contributed by atoms with E-state index < -0.39 is 0 Å². The van der Waals surface area contributed by atoms with Crippen molar-refractivity contribution >= 4 is 17.7 Å². The average molecular weight is 429 g/mol. The predicted octanol–water partition coefficient (Wildman–Crippen LogP) is 3.73. The summed E-state index contributed by atoms with van der Waals surface area (Å²) in [6, 6.07) is 10.8. The topological polar surface area (TPSA) is 58.3 Å². The number of aromatic nitrogens is 3. The lowest BCUT2D eigenvalue weighted by Gasteiger charge is -2.22. The molecule has 164 valence electrons. The number of aliphatic imine (C=N–C) groups is 1. The fourth-order valence-corrected chi connectivity index (χ4v) is 4.64. The van der Waals surface area contributed by atoms with Gasteiger partial charge < -0.3 is 14.8 Å². The third kappa shape index (κ3) is 6.24. The van der Waals surface area contributed by atoms with Crippen molar-refractivity contribution in [2.75, 3.05) is 32.9 Å². The lowest BCUT2D eigenvalue weighted by atomic mass is 9.99. The van der Waals surface area contributed by atoms with E-state index in [-0.39, 0.29) is 0 Å². The second-order valence-corrected chi connectivity index (χ2v) is 9.25. The second kappa shape index (κ2) is 11.4. The SMILES string of the molecule is CN=C(NCCCc1nnc(SC)n1CC(C)C)N1CCC(Cc2ccccc2)C1. The monoisotopic (exact) mass is 428 g/mol. The van der Waals surface area contributed by atoms with Crippen molar-refractivity contribution in [2.24, 2.45) is 16.8 Å². The van der Waals surface area contributed by atoms with Crippen LogP contribution in [0.4, 0.5) is 0 Å². The quantitative estimate of drug-likeness (QED) is 0.285. The summed E-state index contributed by atoms with van der Waals surface area (Å²) in [4.78, 5) is 6.93. The molecular formula is C23H36N6S. The zero-order chi connectivity index (χ0) is 21.3. The molecule has 3 rings (SSSR count). The van der Waals surface area contributed by atoms with Crippen LogP contribution in [0.1, 0.15) is 38.1 Å². The summed E-state index contributed by atoms with van der Waals surface area (Å²) in [5.41, 5.74) is 1.43. The summed E-state index contributed by atoms with van der Waals surface area (Å²) in [5.74, 6) is 3.40. The van der Waals surface area contributed by atoms with Gasteiger partial charge in [0.15, 0.2) is 11.1 Å². The Kier molecular flexibility index (Phi) is 8.61. The zero-order valence-electron chi connectivity index (χ0n) is 18.8. The highest BCUT2D eigenvalue weighted by molar-refractivity contribution is 7.98. The highest BCUT2D eigenvalue weighted by Crippen LogP contribution is 2.21. The molecule has 0 radical (unpaired) electrons. The van der Waals surface area contributed by atoms with Gasteiger partial charge in [-0.05, 0) is 42.9 Å². The van der Waals surface area contributed by atoms with Crippen molar-refractivity contribution in [1.82, 2.24) is 25.0 Å². The predicted molar refractivity (Wildman–Crippen MR) is 126 cm³/mol. The highest BCUT2D eigenvalue weighted by Gasteiger charge is 2.24. The number of hydrogen-bond acceptors (Lipinski definition) is 4. The number of aryl methyl sites for hydroxylation is 1. The molecule has 7 heteroatoms. The van der Waals surface area contributed by atoms with E-state index in [1.54, 1.807) is 11.8 Å². The minimum atomic E-state index is 0.585. The Labute approximate surface area is 185 Å². The van der Waals surface area contributed by atoms with Crippen LogP contribution in [0.5, 0.6) is 0 Å². The minimum Gasteiger partial charge on any atom is -0.356 e. The van der Waals surface area contributed by atoms with Gasteiger partial charge in [0.2, 0.25) is 0 Å². The summed E-state index contributed by atoms with van der Waals surface area (Å²) in [5, 5.41) is 13.4. The molecule has 0 amide bonds. The van der Waals surface area contributed by atoms with Crippen LogP contribution in [-0.4, -0.2) is 58.6 Å². The normalized spacial score (nSPS) is 17.2. The summed E-state index contributed by atoms with van der Waals surface area (Å²) in [6.45, 7) is 8.51. The number of nitrogens with one attached hydrogen (secondary N) is 1. The van der Waals surface area contributed by atoms with Crippen molar-refractivity contribution in [3.63, 3.8) is 0 Å². The van der Waals surface area contributed by atoms with Crippen LogP contribution >= 0.6 is 11.8 Å². The fraction of sp³-hybridized carbons (Fsp3) is 0.609. The third-order valence-electron chi connectivity index (χ3n) is 5.55. The summed E-state index contributed by atoms with van der Waals surface area (Å²) in [6.07, 6.45) is 6.39. The van der Waals surface area contributed by atoms with E-state index in [0.717, 1.165) is 62.4 Å². The van der Waals surface area contributed by atoms with Gasteiger partial charge in [0, 0.05) is 39.6 Å². The molecular weight excluding hydrogens is 392 g/mol. The number of guanidine groups is 1. The standard InChI is InChI=1S/C23H36N6S/c1-18(2)16-29-21(26-27-23(29)30-4)11-8-13-25-22(24-3)28-14-12-20(17-28)15-19-9-6-5-7-10-19/h5-7,9-10,18,20H,8,11-17H2,1-4H3,(H,24,25). The number of thioether (sulfide) groups is 1. The van der Waals surface area contributed by atoms with Gasteiger partial charge in [0.1, 0.15) is 5.82 Å². The van der Waals surface area contributed by atoms with Gasteiger partial charge in [-0.2, -0.15) is 0 Å². The molecule has 1 N–H and O–H groups in total. The third-order valence-corrected chi connectivity index (χ3v) is 6.22. The maximum absolute atomic E-state index is 4.53. The first-order valence-corrected chi connectivity index (χ1v) is 12.3. The van der Waals surface area contributed by atoms with Gasteiger partial charge in [-0.3, -0.25) is 4.99 Å².